The SMILES string of the molecule is CC[C@H](C(=O)NC1CCCCC1)N(Cc1ccc(OC)cc1)C(=O)CN(c1cccc(Cl)c1)S(=O)(=O)c1ccc(Cl)cc1. The first-order valence-electron chi connectivity index (χ1n) is 14.4. The molecule has 0 aliphatic heterocycles. The maximum absolute atomic E-state index is 14.2. The van der Waals surface area contributed by atoms with Crippen molar-refractivity contribution in [1.29, 1.82) is 0 Å². The average Bonchev–Trinajstić information content (AvgIpc) is 3.00. The van der Waals surface area contributed by atoms with Gasteiger partial charge in [-0.3, -0.25) is 13.9 Å². The second kappa shape index (κ2) is 14.9. The largest absolute Gasteiger partial charge is 0.497 e. The number of rotatable bonds is 12. The summed E-state index contributed by atoms with van der Waals surface area (Å²) in [7, 11) is -2.65. The summed E-state index contributed by atoms with van der Waals surface area (Å²) < 4.78 is 34.2. The van der Waals surface area contributed by atoms with Crippen molar-refractivity contribution in [2.75, 3.05) is 18.0 Å². The number of hydrogen-bond donors (Lipinski definition) is 1. The number of methoxy groups -OCH3 is 1. The summed E-state index contributed by atoms with van der Waals surface area (Å²) in [6.45, 7) is 1.40. The van der Waals surface area contributed by atoms with Gasteiger partial charge in [0.15, 0.2) is 0 Å². The Bertz CT molecular complexity index is 1490. The first-order chi connectivity index (χ1) is 20.6. The summed E-state index contributed by atoms with van der Waals surface area (Å²) in [5, 5.41) is 3.84. The molecule has 0 spiro atoms. The molecule has 1 aliphatic carbocycles. The first-order valence-corrected chi connectivity index (χ1v) is 16.6. The number of ether oxygens (including phenoxy) is 1. The van der Waals surface area contributed by atoms with E-state index >= 15 is 0 Å². The quantitative estimate of drug-likeness (QED) is 0.244. The molecule has 1 N–H and O–H groups in total. The van der Waals surface area contributed by atoms with Gasteiger partial charge in [-0.25, -0.2) is 8.42 Å². The molecule has 0 radical (unpaired) electrons. The van der Waals surface area contributed by atoms with Crippen molar-refractivity contribution < 1.29 is 22.7 Å². The van der Waals surface area contributed by atoms with Gasteiger partial charge in [-0.2, -0.15) is 0 Å². The monoisotopic (exact) mass is 645 g/mol. The molecule has 1 aliphatic rings. The molecule has 4 rings (SSSR count). The number of benzene rings is 3. The Kier molecular flexibility index (Phi) is 11.3. The summed E-state index contributed by atoms with van der Waals surface area (Å²) in [6, 6.07) is 18.5. The summed E-state index contributed by atoms with van der Waals surface area (Å²) in [4.78, 5) is 29.3. The molecule has 0 bridgehead atoms. The Hall–Kier alpha value is -3.27. The topological polar surface area (TPSA) is 96.0 Å². The number of amides is 2. The zero-order valence-electron chi connectivity index (χ0n) is 24.3. The van der Waals surface area contributed by atoms with Crippen molar-refractivity contribution in [3.8, 4) is 5.75 Å². The van der Waals surface area contributed by atoms with E-state index in [0.717, 1.165) is 42.0 Å². The average molecular weight is 647 g/mol. The van der Waals surface area contributed by atoms with Gasteiger partial charge in [0, 0.05) is 22.6 Å². The summed E-state index contributed by atoms with van der Waals surface area (Å²) in [6.07, 6.45) is 5.39. The number of anilines is 1. The first kappa shape index (κ1) is 32.6. The second-order valence-corrected chi connectivity index (χ2v) is 13.3. The lowest BCUT2D eigenvalue weighted by Gasteiger charge is -2.34. The fraction of sp³-hybridized carbons (Fsp3) is 0.375. The lowest BCUT2D eigenvalue weighted by atomic mass is 9.95. The number of nitrogens with zero attached hydrogens (tertiary/aromatic N) is 2. The second-order valence-electron chi connectivity index (χ2n) is 10.6. The van der Waals surface area contributed by atoms with E-state index in [1.807, 2.05) is 19.1 Å². The molecule has 3 aromatic carbocycles. The maximum atomic E-state index is 14.2. The van der Waals surface area contributed by atoms with E-state index in [9.17, 15) is 18.0 Å². The molecule has 11 heteroatoms. The summed E-state index contributed by atoms with van der Waals surface area (Å²) in [5.41, 5.74) is 0.993. The molecule has 3 aromatic rings. The molecule has 2 amide bonds. The Labute approximate surface area is 264 Å². The van der Waals surface area contributed by atoms with Gasteiger partial charge in [-0.15, -0.1) is 0 Å². The van der Waals surface area contributed by atoms with E-state index < -0.39 is 28.5 Å². The number of nitrogens with one attached hydrogen (secondary N) is 1. The van der Waals surface area contributed by atoms with E-state index in [2.05, 4.69) is 5.32 Å². The van der Waals surface area contributed by atoms with Gasteiger partial charge in [-0.05, 0) is 79.4 Å². The van der Waals surface area contributed by atoms with Crippen LogP contribution in [0.1, 0.15) is 51.0 Å². The fourth-order valence-corrected chi connectivity index (χ4v) is 7.00. The van der Waals surface area contributed by atoms with Crippen molar-refractivity contribution in [1.82, 2.24) is 10.2 Å². The minimum atomic E-state index is -4.22. The van der Waals surface area contributed by atoms with Gasteiger partial charge in [0.1, 0.15) is 18.3 Å². The lowest BCUT2D eigenvalue weighted by Crippen LogP contribution is -2.54. The predicted octanol–water partition coefficient (Wildman–Crippen LogP) is 6.45. The zero-order chi connectivity index (χ0) is 31.0. The molecule has 1 atom stereocenters. The highest BCUT2D eigenvalue weighted by molar-refractivity contribution is 7.92. The predicted molar refractivity (Wildman–Crippen MR) is 170 cm³/mol. The zero-order valence-corrected chi connectivity index (χ0v) is 26.7. The number of halogens is 2. The smallest absolute Gasteiger partial charge is 0.264 e. The molecule has 0 saturated heterocycles. The van der Waals surface area contributed by atoms with Crippen LogP contribution in [0.5, 0.6) is 5.75 Å². The van der Waals surface area contributed by atoms with Gasteiger partial charge >= 0.3 is 0 Å². The van der Waals surface area contributed by atoms with Crippen LogP contribution in [0.15, 0.2) is 77.7 Å². The van der Waals surface area contributed by atoms with Gasteiger partial charge in [0.05, 0.1) is 17.7 Å². The molecule has 0 heterocycles. The van der Waals surface area contributed by atoms with Crippen molar-refractivity contribution in [2.24, 2.45) is 0 Å². The highest BCUT2D eigenvalue weighted by Gasteiger charge is 2.34. The van der Waals surface area contributed by atoms with Crippen molar-refractivity contribution in [2.45, 2.75) is 69.0 Å². The Balaban J connectivity index is 1.70. The number of carbonyl (C=O) groups is 2. The molecule has 8 nitrogen and oxygen atoms in total. The fourth-order valence-electron chi connectivity index (χ4n) is 5.29. The van der Waals surface area contributed by atoms with Crippen LogP contribution in [-0.2, 0) is 26.2 Å². The van der Waals surface area contributed by atoms with Crippen LogP contribution in [0.3, 0.4) is 0 Å². The molecule has 1 saturated carbocycles. The molecule has 0 aromatic heterocycles. The van der Waals surface area contributed by atoms with Crippen LogP contribution in [0.4, 0.5) is 5.69 Å². The van der Waals surface area contributed by atoms with Gasteiger partial charge < -0.3 is 15.0 Å². The minimum Gasteiger partial charge on any atom is -0.497 e. The molecular weight excluding hydrogens is 609 g/mol. The lowest BCUT2D eigenvalue weighted by molar-refractivity contribution is -0.140. The van der Waals surface area contributed by atoms with E-state index in [-0.39, 0.29) is 29.1 Å². The van der Waals surface area contributed by atoms with Crippen molar-refractivity contribution in [3.05, 3.63) is 88.4 Å². The summed E-state index contributed by atoms with van der Waals surface area (Å²) in [5.74, 6) is -0.116. The third-order valence-corrected chi connectivity index (χ3v) is 9.90. The molecule has 230 valence electrons. The maximum Gasteiger partial charge on any atom is 0.264 e. The van der Waals surface area contributed by atoms with Crippen molar-refractivity contribution in [3.63, 3.8) is 0 Å². The van der Waals surface area contributed by atoms with Crippen LogP contribution < -0.4 is 14.4 Å². The third-order valence-electron chi connectivity index (χ3n) is 7.63. The van der Waals surface area contributed by atoms with E-state index in [0.29, 0.717) is 22.2 Å². The van der Waals surface area contributed by atoms with E-state index in [1.54, 1.807) is 37.4 Å². The molecule has 1 fully saturated rings. The van der Waals surface area contributed by atoms with Crippen LogP contribution in [0.2, 0.25) is 10.0 Å². The Morgan fingerprint density at radius 3 is 2.23 bits per heavy atom. The van der Waals surface area contributed by atoms with Crippen LogP contribution in [0, 0.1) is 0 Å². The molecule has 43 heavy (non-hydrogen) atoms. The number of carbonyl (C=O) groups excluding carboxylic acids is 2. The number of hydrogen-bond acceptors (Lipinski definition) is 5. The van der Waals surface area contributed by atoms with Crippen LogP contribution in [-0.4, -0.2) is 50.9 Å². The summed E-state index contributed by atoms with van der Waals surface area (Å²) >= 11 is 12.3. The minimum absolute atomic E-state index is 0.0338. The normalized spacial score (nSPS) is 14.5. The van der Waals surface area contributed by atoms with Crippen LogP contribution in [0.25, 0.3) is 0 Å². The number of sulfonamides is 1. The molecular formula is C32H37Cl2N3O5S. The third kappa shape index (κ3) is 8.43. The van der Waals surface area contributed by atoms with Gasteiger partial charge in [0.2, 0.25) is 11.8 Å². The highest BCUT2D eigenvalue weighted by atomic mass is 35.5. The van der Waals surface area contributed by atoms with E-state index in [1.165, 1.54) is 35.2 Å². The van der Waals surface area contributed by atoms with E-state index in [4.69, 9.17) is 27.9 Å². The van der Waals surface area contributed by atoms with Gasteiger partial charge in [0.25, 0.3) is 10.0 Å². The van der Waals surface area contributed by atoms with Gasteiger partial charge in [-0.1, -0.05) is 67.6 Å². The molecule has 0 unspecified atom stereocenters. The highest BCUT2D eigenvalue weighted by Crippen LogP contribution is 2.28. The Morgan fingerprint density at radius 1 is 0.953 bits per heavy atom. The van der Waals surface area contributed by atoms with Crippen LogP contribution >= 0.6 is 23.2 Å². The Morgan fingerprint density at radius 2 is 1.63 bits per heavy atom. The standard InChI is InChI=1S/C32H37Cl2N3O5S/c1-3-30(32(39)35-26-9-5-4-6-10-26)36(21-23-12-16-28(42-2)17-13-23)31(38)22-37(27-11-7-8-25(34)20-27)43(40,41)29-18-14-24(33)15-19-29/h7-8,11-20,26,30H,3-6,9-10,21-22H2,1-2H3,(H,35,39)/t30-/m1/s1. The van der Waals surface area contributed by atoms with Crippen molar-refractivity contribution >= 4 is 50.7 Å².